The summed E-state index contributed by atoms with van der Waals surface area (Å²) in [6, 6.07) is 18.3. The van der Waals surface area contributed by atoms with Crippen LogP contribution < -0.4 is 11.2 Å². The molecule has 0 aliphatic heterocycles. The van der Waals surface area contributed by atoms with E-state index in [9.17, 15) is 9.59 Å². The van der Waals surface area contributed by atoms with E-state index in [0.717, 1.165) is 30.9 Å². The minimum absolute atomic E-state index is 0.398. The Bertz CT molecular complexity index is 1550. The second-order valence-corrected chi connectivity index (χ2v) is 8.07. The maximum atomic E-state index is 13.3. The second kappa shape index (κ2) is 7.23. The number of fused-ring (bicyclic) bond motifs is 2. The smallest absolute Gasteiger partial charge is 0.306 e. The highest BCUT2D eigenvalue weighted by Gasteiger charge is 2.14. The van der Waals surface area contributed by atoms with Crippen molar-refractivity contribution in [3.8, 4) is 16.8 Å². The molecule has 2 heterocycles. The Hall–Kier alpha value is -3.22. The number of aromatic nitrogens is 3. The molecule has 0 saturated carbocycles. The Morgan fingerprint density at radius 1 is 0.933 bits per heavy atom. The van der Waals surface area contributed by atoms with Crippen molar-refractivity contribution >= 4 is 49.2 Å². The van der Waals surface area contributed by atoms with Gasteiger partial charge in [-0.1, -0.05) is 63.9 Å². The molecule has 3 aromatic carbocycles. The monoisotopic (exact) mass is 477 g/mol. The zero-order chi connectivity index (χ0) is 20.8. The molecule has 146 valence electrons. The first kappa shape index (κ1) is 18.8. The van der Waals surface area contributed by atoms with E-state index in [0.29, 0.717) is 21.6 Å². The number of nitrogens with zero attached hydrogens (tertiary/aromatic N) is 2. The fourth-order valence-electron chi connectivity index (χ4n) is 3.64. The van der Waals surface area contributed by atoms with Crippen LogP contribution in [0, 0.1) is 0 Å². The molecule has 0 aliphatic carbocycles. The number of rotatable bonds is 2. The van der Waals surface area contributed by atoms with Gasteiger partial charge in [-0.3, -0.25) is 9.78 Å². The first-order valence-corrected chi connectivity index (χ1v) is 10.3. The molecule has 0 saturated heterocycles. The van der Waals surface area contributed by atoms with Gasteiger partial charge in [-0.2, -0.15) is 0 Å². The van der Waals surface area contributed by atoms with Crippen LogP contribution in [0.3, 0.4) is 0 Å². The topological polar surface area (TPSA) is 67.8 Å². The van der Waals surface area contributed by atoms with Crippen molar-refractivity contribution in [3.05, 3.63) is 103 Å². The van der Waals surface area contributed by atoms with E-state index in [2.05, 4.69) is 25.9 Å². The van der Waals surface area contributed by atoms with E-state index >= 15 is 0 Å². The van der Waals surface area contributed by atoms with Crippen molar-refractivity contribution in [1.29, 1.82) is 0 Å². The summed E-state index contributed by atoms with van der Waals surface area (Å²) in [4.78, 5) is 33.2. The number of pyridine rings is 1. The number of nitrogens with one attached hydrogen (secondary N) is 1. The molecule has 2 aromatic heterocycles. The lowest BCUT2D eigenvalue weighted by atomic mass is 10.0. The molecule has 0 fully saturated rings. The maximum Gasteiger partial charge on any atom is 0.333 e. The van der Waals surface area contributed by atoms with Crippen LogP contribution in [0.15, 0.2) is 87.1 Å². The minimum Gasteiger partial charge on any atom is -0.306 e. The molecule has 5 rings (SSSR count). The van der Waals surface area contributed by atoms with Crippen molar-refractivity contribution in [2.45, 2.75) is 0 Å². The van der Waals surface area contributed by atoms with Crippen LogP contribution in [-0.2, 0) is 0 Å². The van der Waals surface area contributed by atoms with E-state index in [4.69, 9.17) is 11.6 Å². The van der Waals surface area contributed by atoms with Crippen molar-refractivity contribution in [2.24, 2.45) is 0 Å². The summed E-state index contributed by atoms with van der Waals surface area (Å²) in [5.74, 6) is 0. The van der Waals surface area contributed by atoms with Gasteiger partial charge in [0.25, 0.3) is 5.56 Å². The number of H-pyrrole nitrogens is 1. The number of benzene rings is 3. The Labute approximate surface area is 183 Å². The predicted octanol–water partition coefficient (Wildman–Crippen LogP) is 5.31. The summed E-state index contributed by atoms with van der Waals surface area (Å²) in [5, 5.41) is 2.59. The molecule has 0 spiro atoms. The zero-order valence-corrected chi connectivity index (χ0v) is 17.7. The van der Waals surface area contributed by atoms with Crippen LogP contribution >= 0.6 is 27.5 Å². The molecule has 30 heavy (non-hydrogen) atoms. The third-order valence-corrected chi connectivity index (χ3v) is 6.01. The summed E-state index contributed by atoms with van der Waals surface area (Å²) >= 11 is 9.88. The fraction of sp³-hybridized carbons (Fsp3) is 0. The molecule has 0 unspecified atom stereocenters. The molecule has 0 aliphatic rings. The standard InChI is InChI=1S/C23H13BrClN3O2/c24-17-6-3-7-18(25)21(17)13-8-9-16-19(10-13)27-23(30)28(22(16)29)20-12-26-11-14-4-1-2-5-15(14)20/h1-12H,(H,27,30). The van der Waals surface area contributed by atoms with Gasteiger partial charge in [0.1, 0.15) is 0 Å². The number of aromatic amines is 1. The summed E-state index contributed by atoms with van der Waals surface area (Å²) in [6.45, 7) is 0. The first-order valence-electron chi connectivity index (χ1n) is 9.11. The summed E-state index contributed by atoms with van der Waals surface area (Å²) < 4.78 is 1.95. The van der Waals surface area contributed by atoms with Gasteiger partial charge >= 0.3 is 5.69 Å². The average molecular weight is 479 g/mol. The average Bonchev–Trinajstić information content (AvgIpc) is 2.73. The van der Waals surface area contributed by atoms with Gasteiger partial charge in [-0.15, -0.1) is 0 Å². The lowest BCUT2D eigenvalue weighted by Crippen LogP contribution is -2.33. The first-order chi connectivity index (χ1) is 14.5. The highest BCUT2D eigenvalue weighted by molar-refractivity contribution is 9.10. The van der Waals surface area contributed by atoms with Gasteiger partial charge in [0, 0.05) is 32.0 Å². The van der Waals surface area contributed by atoms with E-state index in [1.807, 2.05) is 42.5 Å². The lowest BCUT2D eigenvalue weighted by Gasteiger charge is -2.11. The zero-order valence-electron chi connectivity index (χ0n) is 15.4. The Kier molecular flexibility index (Phi) is 4.53. The number of hydrogen-bond donors (Lipinski definition) is 1. The molecule has 0 amide bonds. The molecule has 5 aromatic rings. The van der Waals surface area contributed by atoms with Crippen molar-refractivity contribution in [3.63, 3.8) is 0 Å². The van der Waals surface area contributed by atoms with Crippen molar-refractivity contribution in [2.75, 3.05) is 0 Å². The van der Waals surface area contributed by atoms with Gasteiger partial charge in [-0.05, 0) is 29.8 Å². The number of halogens is 2. The highest BCUT2D eigenvalue weighted by atomic mass is 79.9. The Balaban J connectivity index is 1.78. The van der Waals surface area contributed by atoms with Gasteiger partial charge in [-0.25, -0.2) is 9.36 Å². The van der Waals surface area contributed by atoms with Gasteiger partial charge in [0.2, 0.25) is 0 Å². The predicted molar refractivity (Wildman–Crippen MR) is 124 cm³/mol. The molecule has 0 bridgehead atoms. The summed E-state index contributed by atoms with van der Waals surface area (Å²) in [6.07, 6.45) is 3.23. The molecule has 5 nitrogen and oxygen atoms in total. The van der Waals surface area contributed by atoms with Gasteiger partial charge in [0.05, 0.1) is 22.8 Å². The van der Waals surface area contributed by atoms with E-state index < -0.39 is 11.2 Å². The van der Waals surface area contributed by atoms with Crippen molar-refractivity contribution in [1.82, 2.24) is 14.5 Å². The fourth-order valence-corrected chi connectivity index (χ4v) is 4.64. The van der Waals surface area contributed by atoms with Gasteiger partial charge in [0.15, 0.2) is 0 Å². The van der Waals surface area contributed by atoms with Crippen LogP contribution in [0.1, 0.15) is 0 Å². The van der Waals surface area contributed by atoms with Crippen LogP contribution in [0.4, 0.5) is 0 Å². The minimum atomic E-state index is -0.527. The molecular weight excluding hydrogens is 466 g/mol. The van der Waals surface area contributed by atoms with Gasteiger partial charge < -0.3 is 4.98 Å². The van der Waals surface area contributed by atoms with Crippen LogP contribution in [0.5, 0.6) is 0 Å². The largest absolute Gasteiger partial charge is 0.333 e. The molecule has 7 heteroatoms. The lowest BCUT2D eigenvalue weighted by molar-refractivity contribution is 0.902. The molecule has 0 atom stereocenters. The van der Waals surface area contributed by atoms with Crippen LogP contribution in [0.25, 0.3) is 38.5 Å². The molecule has 1 N–H and O–H groups in total. The van der Waals surface area contributed by atoms with E-state index in [-0.39, 0.29) is 0 Å². The van der Waals surface area contributed by atoms with Crippen LogP contribution in [0.2, 0.25) is 5.02 Å². The Morgan fingerprint density at radius 3 is 2.60 bits per heavy atom. The van der Waals surface area contributed by atoms with Crippen LogP contribution in [-0.4, -0.2) is 14.5 Å². The van der Waals surface area contributed by atoms with E-state index in [1.165, 1.54) is 6.20 Å². The molecular formula is C23H13BrClN3O2. The van der Waals surface area contributed by atoms with Crippen molar-refractivity contribution < 1.29 is 0 Å². The summed E-state index contributed by atoms with van der Waals surface area (Å²) in [7, 11) is 0. The normalized spacial score (nSPS) is 11.3. The molecule has 0 radical (unpaired) electrons. The Morgan fingerprint density at radius 2 is 1.77 bits per heavy atom. The third-order valence-electron chi connectivity index (χ3n) is 5.04. The highest BCUT2D eigenvalue weighted by Crippen LogP contribution is 2.35. The van der Waals surface area contributed by atoms with E-state index in [1.54, 1.807) is 24.4 Å². The quantitative estimate of drug-likeness (QED) is 0.374. The summed E-state index contributed by atoms with van der Waals surface area (Å²) in [5.41, 5.74) is 1.54. The number of hydrogen-bond acceptors (Lipinski definition) is 3. The maximum absolute atomic E-state index is 13.3. The SMILES string of the molecule is O=c1[nH]c2cc(-c3c(Cl)cccc3Br)ccc2c(=O)n1-c1cncc2ccccc12. The second-order valence-electron chi connectivity index (χ2n) is 6.81. The third kappa shape index (κ3) is 2.96.